The number of aliphatic carboxylic acids is 1. The molecule has 1 fully saturated rings. The Morgan fingerprint density at radius 2 is 1.71 bits per heavy atom. The maximum absolute atomic E-state index is 12.2. The molecule has 0 aromatic rings. The third-order valence-corrected chi connectivity index (χ3v) is 6.15. The molecule has 1 saturated heterocycles. The largest absolute Gasteiger partial charge is 0.479 e. The minimum atomic E-state index is -1.87. The zero-order valence-electron chi connectivity index (χ0n) is 20.6. The standard InChI is InChI=1S/C26H34O9/c1-14(9-10-17-16(3)18(27)11-12-26(17,4)5)7-6-8-15(2)13-19(28)34-25-22(31)20(29)21(30)23(35-25)24(32)33/h6-10,13,20-23,25,29-31H,11-12H2,1-5H3,(H,32,33)/b8-6+,10-9+,14-7-,15-13+/t20-,21-,22+,23-,25+/m0/s1. The van der Waals surface area contributed by atoms with Crippen molar-refractivity contribution >= 4 is 17.7 Å². The number of rotatable bonds is 7. The molecule has 2 aliphatic rings. The molecular weight excluding hydrogens is 456 g/mol. The molecule has 35 heavy (non-hydrogen) atoms. The van der Waals surface area contributed by atoms with Crippen LogP contribution in [-0.4, -0.2) is 68.9 Å². The van der Waals surface area contributed by atoms with Gasteiger partial charge in [0.1, 0.15) is 18.3 Å². The van der Waals surface area contributed by atoms with E-state index >= 15 is 0 Å². The maximum atomic E-state index is 12.2. The van der Waals surface area contributed by atoms with E-state index in [-0.39, 0.29) is 11.2 Å². The van der Waals surface area contributed by atoms with Gasteiger partial charge in [0, 0.05) is 12.5 Å². The predicted octanol–water partition coefficient (Wildman–Crippen LogP) is 2.13. The molecule has 4 N–H and O–H groups in total. The lowest BCUT2D eigenvalue weighted by Gasteiger charge is -2.37. The van der Waals surface area contributed by atoms with Crippen LogP contribution in [0, 0.1) is 5.41 Å². The fourth-order valence-electron chi connectivity index (χ4n) is 3.91. The van der Waals surface area contributed by atoms with Gasteiger partial charge in [-0.05, 0) is 49.3 Å². The van der Waals surface area contributed by atoms with Crippen LogP contribution in [0.1, 0.15) is 47.5 Å². The Morgan fingerprint density at radius 3 is 2.34 bits per heavy atom. The molecule has 0 spiro atoms. The molecule has 9 heteroatoms. The van der Waals surface area contributed by atoms with Crippen LogP contribution in [0.3, 0.4) is 0 Å². The highest BCUT2D eigenvalue weighted by molar-refractivity contribution is 5.97. The number of hydrogen-bond acceptors (Lipinski definition) is 8. The van der Waals surface area contributed by atoms with Crippen molar-refractivity contribution in [3.05, 3.63) is 58.7 Å². The van der Waals surface area contributed by atoms with Crippen molar-refractivity contribution < 1.29 is 44.3 Å². The van der Waals surface area contributed by atoms with Crippen LogP contribution in [0.2, 0.25) is 0 Å². The summed E-state index contributed by atoms with van der Waals surface area (Å²) in [5, 5.41) is 38.4. The Kier molecular flexibility index (Phi) is 9.51. The van der Waals surface area contributed by atoms with Crippen molar-refractivity contribution in [1.82, 2.24) is 0 Å². The summed E-state index contributed by atoms with van der Waals surface area (Å²) in [7, 11) is 0. The van der Waals surface area contributed by atoms with Crippen LogP contribution in [-0.2, 0) is 23.9 Å². The Labute approximate surface area is 204 Å². The number of hydrogen-bond donors (Lipinski definition) is 4. The highest BCUT2D eigenvalue weighted by Crippen LogP contribution is 2.39. The van der Waals surface area contributed by atoms with Crippen LogP contribution >= 0.6 is 0 Å². The molecule has 192 valence electrons. The number of carbonyl (C=O) groups excluding carboxylic acids is 2. The van der Waals surface area contributed by atoms with E-state index in [1.54, 1.807) is 19.1 Å². The number of allylic oxidation sites excluding steroid dienone is 9. The summed E-state index contributed by atoms with van der Waals surface area (Å²) in [4.78, 5) is 35.3. The van der Waals surface area contributed by atoms with Gasteiger partial charge in [-0.2, -0.15) is 0 Å². The van der Waals surface area contributed by atoms with E-state index in [0.29, 0.717) is 12.0 Å². The van der Waals surface area contributed by atoms with Gasteiger partial charge in [-0.3, -0.25) is 4.79 Å². The van der Waals surface area contributed by atoms with E-state index in [2.05, 4.69) is 13.8 Å². The molecule has 1 heterocycles. The normalized spacial score (nSPS) is 30.3. The number of esters is 1. The summed E-state index contributed by atoms with van der Waals surface area (Å²) in [5.74, 6) is -2.31. The molecule has 1 aliphatic carbocycles. The van der Waals surface area contributed by atoms with E-state index in [9.17, 15) is 29.7 Å². The molecule has 1 aliphatic heterocycles. The van der Waals surface area contributed by atoms with Gasteiger partial charge in [0.05, 0.1) is 0 Å². The van der Waals surface area contributed by atoms with E-state index in [4.69, 9.17) is 14.6 Å². The first kappa shape index (κ1) is 28.4. The molecule has 5 atom stereocenters. The molecular formula is C26H34O9. The molecule has 0 aromatic heterocycles. The summed E-state index contributed by atoms with van der Waals surface area (Å²) < 4.78 is 9.85. The van der Waals surface area contributed by atoms with Crippen molar-refractivity contribution in [2.45, 2.75) is 78.2 Å². The summed E-state index contributed by atoms with van der Waals surface area (Å²) in [6, 6.07) is 0. The molecule has 0 unspecified atom stereocenters. The third-order valence-electron chi connectivity index (χ3n) is 6.15. The van der Waals surface area contributed by atoms with Crippen LogP contribution in [0.25, 0.3) is 0 Å². The van der Waals surface area contributed by atoms with Crippen molar-refractivity contribution in [1.29, 1.82) is 0 Å². The topological polar surface area (TPSA) is 151 Å². The summed E-state index contributed by atoms with van der Waals surface area (Å²) in [5.41, 5.74) is 3.18. The van der Waals surface area contributed by atoms with Crippen molar-refractivity contribution in [3.63, 3.8) is 0 Å². The van der Waals surface area contributed by atoms with Crippen LogP contribution in [0.5, 0.6) is 0 Å². The highest BCUT2D eigenvalue weighted by Gasteiger charge is 2.48. The molecule has 0 amide bonds. The summed E-state index contributed by atoms with van der Waals surface area (Å²) in [6.07, 6.45) is 2.45. The maximum Gasteiger partial charge on any atom is 0.335 e. The number of carboxylic acid groups (broad SMARTS) is 1. The number of aliphatic hydroxyl groups is 3. The minimum Gasteiger partial charge on any atom is -0.479 e. The molecule has 0 bridgehead atoms. The number of ether oxygens (including phenoxy) is 2. The van der Waals surface area contributed by atoms with Crippen LogP contribution in [0.15, 0.2) is 58.7 Å². The first-order valence-corrected chi connectivity index (χ1v) is 11.3. The van der Waals surface area contributed by atoms with Gasteiger partial charge in [0.2, 0.25) is 6.29 Å². The predicted molar refractivity (Wildman–Crippen MR) is 127 cm³/mol. The fourth-order valence-corrected chi connectivity index (χ4v) is 3.91. The number of Topliss-reactive ketones (excluding diaryl/α,β-unsaturated/α-hetero) is 1. The molecule has 9 nitrogen and oxygen atoms in total. The van der Waals surface area contributed by atoms with Gasteiger partial charge < -0.3 is 29.9 Å². The Hall–Kier alpha value is -2.85. The quantitative estimate of drug-likeness (QED) is 0.239. The van der Waals surface area contributed by atoms with Gasteiger partial charge in [-0.15, -0.1) is 0 Å². The molecule has 0 aromatic carbocycles. The number of ketones is 1. The molecule has 0 saturated carbocycles. The first-order chi connectivity index (χ1) is 16.2. The monoisotopic (exact) mass is 490 g/mol. The average Bonchev–Trinajstić information content (AvgIpc) is 2.76. The smallest absolute Gasteiger partial charge is 0.335 e. The van der Waals surface area contributed by atoms with Gasteiger partial charge in [0.25, 0.3) is 0 Å². The zero-order valence-corrected chi connectivity index (χ0v) is 20.6. The van der Waals surface area contributed by atoms with Crippen LogP contribution < -0.4 is 0 Å². The van der Waals surface area contributed by atoms with Crippen LogP contribution in [0.4, 0.5) is 0 Å². The van der Waals surface area contributed by atoms with Gasteiger partial charge in [0.15, 0.2) is 11.9 Å². The Balaban J connectivity index is 2.01. The summed E-state index contributed by atoms with van der Waals surface area (Å²) in [6.45, 7) is 9.64. The lowest BCUT2D eigenvalue weighted by molar-refractivity contribution is -0.284. The molecule has 0 radical (unpaired) electrons. The Morgan fingerprint density at radius 1 is 1.06 bits per heavy atom. The minimum absolute atomic E-state index is 0.0709. The second kappa shape index (κ2) is 11.7. The van der Waals surface area contributed by atoms with Gasteiger partial charge in [-0.25, -0.2) is 9.59 Å². The molecule has 2 rings (SSSR count). The Bertz CT molecular complexity index is 996. The van der Waals surface area contributed by atoms with Gasteiger partial charge >= 0.3 is 11.9 Å². The first-order valence-electron chi connectivity index (χ1n) is 11.3. The number of aliphatic hydroxyl groups excluding tert-OH is 3. The average molecular weight is 491 g/mol. The lowest BCUT2D eigenvalue weighted by Crippen LogP contribution is -2.60. The number of carbonyl (C=O) groups is 3. The van der Waals surface area contributed by atoms with Gasteiger partial charge in [-0.1, -0.05) is 49.8 Å². The SMILES string of the molecule is CC1=C(/C=C/C(C)=C\C=C\C(C)=C\C(=O)O[C@@H]2O[C@H](C(=O)O)[C@@H](O)[C@H](O)[C@H]2O)C(C)(C)CCC1=O. The van der Waals surface area contributed by atoms with Crippen molar-refractivity contribution in [2.75, 3.05) is 0 Å². The summed E-state index contributed by atoms with van der Waals surface area (Å²) >= 11 is 0. The van der Waals surface area contributed by atoms with E-state index < -0.39 is 42.6 Å². The zero-order chi connectivity index (χ0) is 26.5. The highest BCUT2D eigenvalue weighted by atomic mass is 16.7. The van der Waals surface area contributed by atoms with E-state index in [1.165, 1.54) is 0 Å². The van der Waals surface area contributed by atoms with E-state index in [1.807, 2.05) is 32.1 Å². The van der Waals surface area contributed by atoms with E-state index in [0.717, 1.165) is 29.2 Å². The fraction of sp³-hybridized carbons (Fsp3) is 0.500. The lowest BCUT2D eigenvalue weighted by atomic mass is 9.72. The van der Waals surface area contributed by atoms with Crippen molar-refractivity contribution in [3.8, 4) is 0 Å². The third kappa shape index (κ3) is 7.32. The van der Waals surface area contributed by atoms with Crippen molar-refractivity contribution in [2.24, 2.45) is 5.41 Å². The second-order valence-electron chi connectivity index (χ2n) is 9.51. The second-order valence-corrected chi connectivity index (χ2v) is 9.51. The number of carboxylic acids is 1.